The van der Waals surface area contributed by atoms with Crippen LogP contribution in [-0.2, 0) is 6.54 Å². The van der Waals surface area contributed by atoms with E-state index in [-0.39, 0.29) is 0 Å². The number of hydrogen-bond acceptors (Lipinski definition) is 2. The highest BCUT2D eigenvalue weighted by atomic mass is 79.9. The molecule has 3 heteroatoms. The number of hydrogen-bond donors (Lipinski definition) is 1. The first kappa shape index (κ1) is 13.1. The van der Waals surface area contributed by atoms with Crippen LogP contribution < -0.4 is 5.73 Å². The Bertz CT molecular complexity index is 350. The second-order valence-electron chi connectivity index (χ2n) is 5.12. The minimum absolute atomic E-state index is 0.666. The van der Waals surface area contributed by atoms with Gasteiger partial charge in [0.2, 0.25) is 0 Å². The number of nitrogens with two attached hydrogens (primary N) is 1. The average Bonchev–Trinajstić information content (AvgIpc) is 2.34. The van der Waals surface area contributed by atoms with Crippen LogP contribution >= 0.6 is 15.9 Å². The Morgan fingerprint density at radius 2 is 2.06 bits per heavy atom. The van der Waals surface area contributed by atoms with Crippen molar-refractivity contribution in [1.82, 2.24) is 4.90 Å². The van der Waals surface area contributed by atoms with Crippen molar-refractivity contribution in [2.75, 3.05) is 19.6 Å². The Kier molecular flexibility index (Phi) is 4.60. The molecule has 1 aliphatic heterocycles. The molecule has 2 unspecified atom stereocenters. The Hall–Kier alpha value is -0.380. The zero-order valence-electron chi connectivity index (χ0n) is 10.4. The van der Waals surface area contributed by atoms with Crippen LogP contribution in [-0.4, -0.2) is 24.5 Å². The number of halogens is 1. The Morgan fingerprint density at radius 1 is 1.35 bits per heavy atom. The van der Waals surface area contributed by atoms with Crippen LogP contribution in [0.5, 0.6) is 0 Å². The number of benzene rings is 1. The molecule has 0 aromatic heterocycles. The van der Waals surface area contributed by atoms with E-state index in [9.17, 15) is 0 Å². The third-order valence-corrected chi connectivity index (χ3v) is 4.35. The van der Waals surface area contributed by atoms with Gasteiger partial charge in [0.05, 0.1) is 0 Å². The van der Waals surface area contributed by atoms with Crippen molar-refractivity contribution in [2.45, 2.75) is 19.9 Å². The largest absolute Gasteiger partial charge is 0.330 e. The van der Waals surface area contributed by atoms with E-state index in [2.05, 4.69) is 52.0 Å². The third kappa shape index (κ3) is 3.54. The molecule has 0 bridgehead atoms. The van der Waals surface area contributed by atoms with Crippen LogP contribution in [0.2, 0.25) is 0 Å². The van der Waals surface area contributed by atoms with Crippen molar-refractivity contribution in [3.8, 4) is 0 Å². The Morgan fingerprint density at radius 3 is 2.71 bits per heavy atom. The molecule has 1 aromatic carbocycles. The van der Waals surface area contributed by atoms with Gasteiger partial charge in [0, 0.05) is 17.6 Å². The van der Waals surface area contributed by atoms with E-state index in [0.717, 1.165) is 30.0 Å². The molecule has 2 nitrogen and oxygen atoms in total. The highest BCUT2D eigenvalue weighted by molar-refractivity contribution is 9.10. The summed E-state index contributed by atoms with van der Waals surface area (Å²) in [6.07, 6.45) is 1.28. The standard InChI is InChI=1S/C14H21BrN2/c1-11-6-7-17(10-13(11)8-16)9-12-2-4-14(15)5-3-12/h2-5,11,13H,6-10,16H2,1H3. The van der Waals surface area contributed by atoms with Crippen molar-refractivity contribution >= 4 is 15.9 Å². The van der Waals surface area contributed by atoms with E-state index in [1.807, 2.05) is 0 Å². The van der Waals surface area contributed by atoms with Gasteiger partial charge in [-0.25, -0.2) is 0 Å². The van der Waals surface area contributed by atoms with Crippen molar-refractivity contribution in [3.63, 3.8) is 0 Å². The van der Waals surface area contributed by atoms with Crippen molar-refractivity contribution in [3.05, 3.63) is 34.3 Å². The molecule has 1 aliphatic rings. The summed E-state index contributed by atoms with van der Waals surface area (Å²) in [5, 5.41) is 0. The lowest BCUT2D eigenvalue weighted by atomic mass is 9.87. The lowest BCUT2D eigenvalue weighted by Crippen LogP contribution is -2.42. The van der Waals surface area contributed by atoms with E-state index >= 15 is 0 Å². The van der Waals surface area contributed by atoms with Gasteiger partial charge in [0.15, 0.2) is 0 Å². The van der Waals surface area contributed by atoms with Crippen LogP contribution in [0.4, 0.5) is 0 Å². The number of nitrogens with zero attached hydrogens (tertiary/aromatic N) is 1. The minimum Gasteiger partial charge on any atom is -0.330 e. The summed E-state index contributed by atoms with van der Waals surface area (Å²) < 4.78 is 1.15. The highest BCUT2D eigenvalue weighted by Crippen LogP contribution is 2.23. The molecule has 0 aliphatic carbocycles. The van der Waals surface area contributed by atoms with Crippen LogP contribution in [0.1, 0.15) is 18.9 Å². The SMILES string of the molecule is CC1CCN(Cc2ccc(Br)cc2)CC1CN. The van der Waals surface area contributed by atoms with Gasteiger partial charge in [0.25, 0.3) is 0 Å². The molecular formula is C14H21BrN2. The summed E-state index contributed by atoms with van der Waals surface area (Å²) in [6.45, 7) is 6.55. The zero-order chi connectivity index (χ0) is 12.3. The fourth-order valence-electron chi connectivity index (χ4n) is 2.52. The van der Waals surface area contributed by atoms with Gasteiger partial charge in [-0.1, -0.05) is 35.0 Å². The summed E-state index contributed by atoms with van der Waals surface area (Å²) in [4.78, 5) is 2.53. The first-order chi connectivity index (χ1) is 8.19. The third-order valence-electron chi connectivity index (χ3n) is 3.82. The summed E-state index contributed by atoms with van der Waals surface area (Å²) >= 11 is 3.47. The predicted octanol–water partition coefficient (Wildman–Crippen LogP) is 2.87. The van der Waals surface area contributed by atoms with Gasteiger partial charge in [-0.3, -0.25) is 4.90 Å². The molecule has 1 fully saturated rings. The normalized spacial score (nSPS) is 26.1. The maximum absolute atomic E-state index is 5.84. The molecular weight excluding hydrogens is 276 g/mol. The van der Waals surface area contributed by atoms with Crippen LogP contribution in [0, 0.1) is 11.8 Å². The Labute approximate surface area is 112 Å². The fourth-order valence-corrected chi connectivity index (χ4v) is 2.79. The second-order valence-corrected chi connectivity index (χ2v) is 6.04. The van der Waals surface area contributed by atoms with E-state index < -0.39 is 0 Å². The van der Waals surface area contributed by atoms with Crippen LogP contribution in [0.15, 0.2) is 28.7 Å². The number of likely N-dealkylation sites (tertiary alicyclic amines) is 1. The summed E-state index contributed by atoms with van der Waals surface area (Å²) in [6, 6.07) is 8.61. The molecule has 2 N–H and O–H groups in total. The molecule has 0 radical (unpaired) electrons. The van der Waals surface area contributed by atoms with Crippen molar-refractivity contribution in [2.24, 2.45) is 17.6 Å². The van der Waals surface area contributed by atoms with Crippen molar-refractivity contribution < 1.29 is 0 Å². The molecule has 0 saturated carbocycles. The molecule has 1 saturated heterocycles. The monoisotopic (exact) mass is 296 g/mol. The quantitative estimate of drug-likeness (QED) is 0.929. The van der Waals surface area contributed by atoms with Crippen LogP contribution in [0.25, 0.3) is 0 Å². The van der Waals surface area contributed by atoms with E-state index in [4.69, 9.17) is 5.73 Å². The lowest BCUT2D eigenvalue weighted by molar-refractivity contribution is 0.126. The summed E-state index contributed by atoms with van der Waals surface area (Å²) in [7, 11) is 0. The zero-order valence-corrected chi connectivity index (χ0v) is 12.0. The molecule has 1 heterocycles. The highest BCUT2D eigenvalue weighted by Gasteiger charge is 2.24. The van der Waals surface area contributed by atoms with Gasteiger partial charge in [0.1, 0.15) is 0 Å². The molecule has 0 amide bonds. The Balaban J connectivity index is 1.93. The smallest absolute Gasteiger partial charge is 0.0233 e. The maximum Gasteiger partial charge on any atom is 0.0233 e. The topological polar surface area (TPSA) is 29.3 Å². The van der Waals surface area contributed by atoms with Crippen molar-refractivity contribution in [1.29, 1.82) is 0 Å². The van der Waals surface area contributed by atoms with E-state index in [0.29, 0.717) is 5.92 Å². The molecule has 94 valence electrons. The average molecular weight is 297 g/mol. The fraction of sp³-hybridized carbons (Fsp3) is 0.571. The summed E-state index contributed by atoms with van der Waals surface area (Å²) in [5.41, 5.74) is 7.22. The second kappa shape index (κ2) is 5.98. The molecule has 0 spiro atoms. The van der Waals surface area contributed by atoms with Gasteiger partial charge < -0.3 is 5.73 Å². The molecule has 17 heavy (non-hydrogen) atoms. The lowest BCUT2D eigenvalue weighted by Gasteiger charge is -2.36. The van der Waals surface area contributed by atoms with Crippen LogP contribution in [0.3, 0.4) is 0 Å². The maximum atomic E-state index is 5.84. The van der Waals surface area contributed by atoms with E-state index in [1.165, 1.54) is 18.5 Å². The number of piperidine rings is 1. The summed E-state index contributed by atoms with van der Waals surface area (Å²) in [5.74, 6) is 1.44. The van der Waals surface area contributed by atoms with E-state index in [1.54, 1.807) is 0 Å². The number of rotatable bonds is 3. The minimum atomic E-state index is 0.666. The first-order valence-electron chi connectivity index (χ1n) is 6.36. The molecule has 2 atom stereocenters. The first-order valence-corrected chi connectivity index (χ1v) is 7.15. The van der Waals surface area contributed by atoms with Gasteiger partial charge in [-0.2, -0.15) is 0 Å². The van der Waals surface area contributed by atoms with Gasteiger partial charge >= 0.3 is 0 Å². The molecule has 2 rings (SSSR count). The van der Waals surface area contributed by atoms with Gasteiger partial charge in [-0.05, 0) is 49.0 Å². The molecule has 1 aromatic rings. The van der Waals surface area contributed by atoms with Gasteiger partial charge in [-0.15, -0.1) is 0 Å². The predicted molar refractivity (Wildman–Crippen MR) is 75.7 cm³/mol.